The summed E-state index contributed by atoms with van der Waals surface area (Å²) >= 11 is 0. The van der Waals surface area contributed by atoms with Crippen molar-refractivity contribution in [2.45, 2.75) is 26.3 Å². The molecule has 1 aliphatic rings. The van der Waals surface area contributed by atoms with Gasteiger partial charge in [-0.15, -0.1) is 0 Å². The predicted molar refractivity (Wildman–Crippen MR) is 72.1 cm³/mol. The number of nitrogens with one attached hydrogen (secondary N) is 1. The molecule has 1 unspecified atom stereocenters. The first kappa shape index (κ1) is 12.2. The van der Waals surface area contributed by atoms with E-state index in [1.807, 2.05) is 0 Å². The van der Waals surface area contributed by atoms with E-state index >= 15 is 0 Å². The van der Waals surface area contributed by atoms with Crippen molar-refractivity contribution in [3.8, 4) is 5.75 Å². The van der Waals surface area contributed by atoms with Gasteiger partial charge in [0.1, 0.15) is 5.75 Å². The first-order valence-electron chi connectivity index (χ1n) is 6.22. The molecule has 0 radical (unpaired) electrons. The molecule has 0 bridgehead atoms. The lowest BCUT2D eigenvalue weighted by atomic mass is 10.1. The highest BCUT2D eigenvalue weighted by Gasteiger charge is 2.23. The third-order valence-electron chi connectivity index (χ3n) is 3.56. The maximum atomic E-state index is 5.53. The maximum Gasteiger partial charge on any atom is 0.142 e. The monoisotopic (exact) mass is 234 g/mol. The number of hydrogen-bond donors (Lipinski definition) is 1. The molecular formula is C14H22N2O. The Balaban J connectivity index is 2.35. The SMILES string of the molecule is COc1cc(C)cc(C)c1N(C)C1CCNC1. The lowest BCUT2D eigenvalue weighted by Crippen LogP contribution is -2.34. The topological polar surface area (TPSA) is 24.5 Å². The molecule has 1 aromatic rings. The number of methoxy groups -OCH3 is 1. The Kier molecular flexibility index (Phi) is 3.57. The van der Waals surface area contributed by atoms with Gasteiger partial charge in [0, 0.05) is 19.6 Å². The Hall–Kier alpha value is -1.22. The Morgan fingerprint density at radius 2 is 2.12 bits per heavy atom. The third kappa shape index (κ3) is 2.39. The van der Waals surface area contributed by atoms with E-state index in [9.17, 15) is 0 Å². The zero-order valence-corrected chi connectivity index (χ0v) is 11.2. The summed E-state index contributed by atoms with van der Waals surface area (Å²) in [6, 6.07) is 4.91. The number of anilines is 1. The highest BCUT2D eigenvalue weighted by atomic mass is 16.5. The molecule has 3 heteroatoms. The average Bonchev–Trinajstić information content (AvgIpc) is 2.80. The van der Waals surface area contributed by atoms with Gasteiger partial charge in [-0.25, -0.2) is 0 Å². The van der Waals surface area contributed by atoms with Gasteiger partial charge in [0.05, 0.1) is 12.8 Å². The fourth-order valence-electron chi connectivity index (χ4n) is 2.68. The van der Waals surface area contributed by atoms with Gasteiger partial charge in [-0.05, 0) is 44.0 Å². The minimum atomic E-state index is 0.574. The highest BCUT2D eigenvalue weighted by Crippen LogP contribution is 2.34. The number of ether oxygens (including phenoxy) is 1. The Bertz CT molecular complexity index is 397. The van der Waals surface area contributed by atoms with Crippen LogP contribution < -0.4 is 15.0 Å². The minimum Gasteiger partial charge on any atom is -0.495 e. The van der Waals surface area contributed by atoms with Crippen LogP contribution in [-0.2, 0) is 0 Å². The summed E-state index contributed by atoms with van der Waals surface area (Å²) in [5, 5.41) is 3.41. The molecule has 0 aromatic heterocycles. The molecule has 1 N–H and O–H groups in total. The van der Waals surface area contributed by atoms with Gasteiger partial charge in [0.25, 0.3) is 0 Å². The van der Waals surface area contributed by atoms with E-state index in [-0.39, 0.29) is 0 Å². The standard InChI is InChI=1S/C14H22N2O/c1-10-7-11(2)14(13(8-10)17-4)16(3)12-5-6-15-9-12/h7-8,12,15H,5-6,9H2,1-4H3. The summed E-state index contributed by atoms with van der Waals surface area (Å²) in [5.74, 6) is 0.983. The van der Waals surface area contributed by atoms with Crippen molar-refractivity contribution < 1.29 is 4.74 Å². The summed E-state index contributed by atoms with van der Waals surface area (Å²) in [5.41, 5.74) is 3.77. The molecule has 0 aliphatic carbocycles. The normalized spacial score (nSPS) is 19.4. The van der Waals surface area contributed by atoms with Gasteiger partial charge in [-0.2, -0.15) is 0 Å². The second kappa shape index (κ2) is 4.96. The Morgan fingerprint density at radius 1 is 1.35 bits per heavy atom. The molecule has 17 heavy (non-hydrogen) atoms. The van der Waals surface area contributed by atoms with Crippen molar-refractivity contribution in [3.63, 3.8) is 0 Å². The van der Waals surface area contributed by atoms with Gasteiger partial charge in [-0.3, -0.25) is 0 Å². The lowest BCUT2D eigenvalue weighted by molar-refractivity contribution is 0.413. The predicted octanol–water partition coefficient (Wildman–Crippen LogP) is 2.11. The van der Waals surface area contributed by atoms with Crippen molar-refractivity contribution in [2.24, 2.45) is 0 Å². The van der Waals surface area contributed by atoms with Crippen molar-refractivity contribution >= 4 is 5.69 Å². The summed E-state index contributed by atoms with van der Waals surface area (Å²) in [4.78, 5) is 2.35. The zero-order valence-electron chi connectivity index (χ0n) is 11.2. The molecule has 0 amide bonds. The molecule has 1 aliphatic heterocycles. The van der Waals surface area contributed by atoms with Crippen LogP contribution in [-0.4, -0.2) is 33.3 Å². The van der Waals surface area contributed by atoms with E-state index in [1.165, 1.54) is 23.2 Å². The van der Waals surface area contributed by atoms with Crippen LogP contribution in [0.5, 0.6) is 5.75 Å². The molecule has 0 saturated carbocycles. The number of hydrogen-bond acceptors (Lipinski definition) is 3. The molecule has 1 saturated heterocycles. The summed E-state index contributed by atoms with van der Waals surface area (Å²) < 4.78 is 5.53. The molecule has 1 fully saturated rings. The maximum absolute atomic E-state index is 5.53. The van der Waals surface area contributed by atoms with Crippen molar-refractivity contribution in [2.75, 3.05) is 32.1 Å². The highest BCUT2D eigenvalue weighted by molar-refractivity contribution is 5.65. The van der Waals surface area contributed by atoms with Crippen LogP contribution in [0.4, 0.5) is 5.69 Å². The molecule has 2 rings (SSSR count). The van der Waals surface area contributed by atoms with E-state index in [4.69, 9.17) is 4.74 Å². The van der Waals surface area contributed by atoms with E-state index in [0.29, 0.717) is 6.04 Å². The molecular weight excluding hydrogens is 212 g/mol. The van der Waals surface area contributed by atoms with E-state index in [1.54, 1.807) is 7.11 Å². The zero-order chi connectivity index (χ0) is 12.4. The van der Waals surface area contributed by atoms with Gasteiger partial charge in [-0.1, -0.05) is 6.07 Å². The van der Waals surface area contributed by atoms with Crippen molar-refractivity contribution in [1.82, 2.24) is 5.32 Å². The van der Waals surface area contributed by atoms with Crippen molar-refractivity contribution in [3.05, 3.63) is 23.3 Å². The fraction of sp³-hybridized carbons (Fsp3) is 0.571. The van der Waals surface area contributed by atoms with Crippen LogP contribution in [0.15, 0.2) is 12.1 Å². The number of nitrogens with zero attached hydrogens (tertiary/aromatic N) is 1. The molecule has 1 atom stereocenters. The van der Waals surface area contributed by atoms with E-state index in [2.05, 4.69) is 43.2 Å². The van der Waals surface area contributed by atoms with Gasteiger partial charge in [0.2, 0.25) is 0 Å². The minimum absolute atomic E-state index is 0.574. The van der Waals surface area contributed by atoms with Crippen LogP contribution in [0, 0.1) is 13.8 Å². The quantitative estimate of drug-likeness (QED) is 0.867. The Labute approximate surface area is 104 Å². The van der Waals surface area contributed by atoms with Crippen LogP contribution in [0.1, 0.15) is 17.5 Å². The van der Waals surface area contributed by atoms with Crippen molar-refractivity contribution in [1.29, 1.82) is 0 Å². The van der Waals surface area contributed by atoms with Gasteiger partial charge in [0.15, 0.2) is 0 Å². The lowest BCUT2D eigenvalue weighted by Gasteiger charge is -2.29. The summed E-state index contributed by atoms with van der Waals surface area (Å²) in [6.07, 6.45) is 1.20. The molecule has 94 valence electrons. The summed E-state index contributed by atoms with van der Waals surface area (Å²) in [7, 11) is 3.91. The van der Waals surface area contributed by atoms with Crippen LogP contribution >= 0.6 is 0 Å². The first-order valence-corrected chi connectivity index (χ1v) is 6.22. The van der Waals surface area contributed by atoms with E-state index in [0.717, 1.165) is 18.8 Å². The number of benzene rings is 1. The number of aryl methyl sites for hydroxylation is 2. The molecule has 3 nitrogen and oxygen atoms in total. The molecule has 0 spiro atoms. The van der Waals surface area contributed by atoms with Gasteiger partial charge < -0.3 is 15.0 Å². The van der Waals surface area contributed by atoms with Crippen LogP contribution in [0.25, 0.3) is 0 Å². The Morgan fingerprint density at radius 3 is 2.71 bits per heavy atom. The van der Waals surface area contributed by atoms with Gasteiger partial charge >= 0.3 is 0 Å². The fourth-order valence-corrected chi connectivity index (χ4v) is 2.68. The first-order chi connectivity index (χ1) is 8.13. The van der Waals surface area contributed by atoms with E-state index < -0.39 is 0 Å². The summed E-state index contributed by atoms with van der Waals surface area (Å²) in [6.45, 7) is 6.44. The average molecular weight is 234 g/mol. The smallest absolute Gasteiger partial charge is 0.142 e. The number of rotatable bonds is 3. The largest absolute Gasteiger partial charge is 0.495 e. The third-order valence-corrected chi connectivity index (χ3v) is 3.56. The van der Waals surface area contributed by atoms with Crippen LogP contribution in [0.3, 0.4) is 0 Å². The number of likely N-dealkylation sites (N-methyl/N-ethyl adjacent to an activating group) is 1. The molecule has 1 aromatic carbocycles. The van der Waals surface area contributed by atoms with Crippen LogP contribution in [0.2, 0.25) is 0 Å². The second-order valence-corrected chi connectivity index (χ2v) is 4.89. The molecule has 1 heterocycles. The second-order valence-electron chi connectivity index (χ2n) is 4.89.